The Balaban J connectivity index is 2.22. The molecule has 0 aromatic rings. The van der Waals surface area contributed by atoms with Crippen LogP contribution >= 0.6 is 0 Å². The Hall–Kier alpha value is -2.11. The average molecular weight is 1040 g/mol. The Bertz CT molecular complexity index is 1350. The lowest BCUT2D eigenvalue weighted by molar-refractivity contribution is -0.302. The van der Waals surface area contributed by atoms with E-state index in [0.29, 0.717) is 6.42 Å². The monoisotopic (exact) mass is 1040 g/mol. The highest BCUT2D eigenvalue weighted by Gasteiger charge is 2.44. The molecular weight excluding hydrogens is 923 g/mol. The molecule has 0 saturated carbocycles. The molecule has 0 spiro atoms. The van der Waals surface area contributed by atoms with E-state index >= 15 is 0 Å². The van der Waals surface area contributed by atoms with Crippen molar-refractivity contribution in [3.8, 4) is 0 Å². The maximum atomic E-state index is 13.1. The van der Waals surface area contributed by atoms with Crippen LogP contribution in [0, 0.1) is 0 Å². The Labute approximate surface area is 456 Å². The average Bonchev–Trinajstić information content (AvgIpc) is 3.40. The first kappa shape index (κ1) is 69.9. The van der Waals surface area contributed by atoms with E-state index in [4.69, 9.17) is 9.47 Å². The van der Waals surface area contributed by atoms with Gasteiger partial charge in [0, 0.05) is 6.42 Å². The summed E-state index contributed by atoms with van der Waals surface area (Å²) in [6, 6.07) is -0.834. The van der Waals surface area contributed by atoms with Crippen molar-refractivity contribution in [2.45, 2.75) is 333 Å². The Kier molecular flexibility index (Phi) is 51.3. The molecule has 1 saturated heterocycles. The third-order valence-electron chi connectivity index (χ3n) is 14.8. The lowest BCUT2D eigenvalue weighted by atomic mass is 9.99. The summed E-state index contributed by atoms with van der Waals surface area (Å²) in [6.07, 6.45) is 67.3. The molecular formula is C65H119NO8. The summed E-state index contributed by atoms with van der Waals surface area (Å²) in [5.74, 6) is -0.194. The molecule has 432 valence electrons. The number of unbranched alkanes of at least 4 members (excludes halogenated alkanes) is 36. The second-order valence-electron chi connectivity index (χ2n) is 21.8. The number of nitrogens with one attached hydrogen (secondary N) is 1. The van der Waals surface area contributed by atoms with Crippen LogP contribution in [-0.4, -0.2) is 87.5 Å². The molecule has 1 heterocycles. The SMILES string of the molecule is CCCCCCC/C=C\C/C=C\CCCCCCCCCCCC(=O)NC(COC1OC(CO)C(O)C(O)C1O)C(O)/C=C/CC/C=C/CC/C=C/CCCCCCCCCCCCCCCCCCCCCC. The van der Waals surface area contributed by atoms with Crippen molar-refractivity contribution in [1.82, 2.24) is 5.32 Å². The third kappa shape index (κ3) is 42.9. The normalized spacial score (nSPS) is 19.4. The smallest absolute Gasteiger partial charge is 0.220 e. The van der Waals surface area contributed by atoms with Crippen LogP contribution in [0.1, 0.15) is 290 Å². The highest BCUT2D eigenvalue weighted by molar-refractivity contribution is 5.76. The molecule has 1 amide bonds. The quantitative estimate of drug-likeness (QED) is 0.0261. The van der Waals surface area contributed by atoms with E-state index in [1.54, 1.807) is 6.08 Å². The molecule has 9 heteroatoms. The molecule has 9 nitrogen and oxygen atoms in total. The van der Waals surface area contributed by atoms with Gasteiger partial charge < -0.3 is 40.3 Å². The van der Waals surface area contributed by atoms with Gasteiger partial charge >= 0.3 is 0 Å². The van der Waals surface area contributed by atoms with Gasteiger partial charge in [-0.15, -0.1) is 0 Å². The topological polar surface area (TPSA) is 149 Å². The van der Waals surface area contributed by atoms with Crippen molar-refractivity contribution in [2.24, 2.45) is 0 Å². The fourth-order valence-corrected chi connectivity index (χ4v) is 9.81. The predicted molar refractivity (Wildman–Crippen MR) is 313 cm³/mol. The van der Waals surface area contributed by atoms with E-state index in [0.717, 1.165) is 64.2 Å². The van der Waals surface area contributed by atoms with Gasteiger partial charge in [-0.25, -0.2) is 0 Å². The largest absolute Gasteiger partial charge is 0.394 e. The van der Waals surface area contributed by atoms with E-state index < -0.39 is 49.5 Å². The first-order valence-electron chi connectivity index (χ1n) is 31.5. The zero-order chi connectivity index (χ0) is 53.6. The second-order valence-corrected chi connectivity index (χ2v) is 21.8. The van der Waals surface area contributed by atoms with Gasteiger partial charge in [-0.1, -0.05) is 267 Å². The van der Waals surface area contributed by atoms with E-state index in [2.05, 4.69) is 67.8 Å². The highest BCUT2D eigenvalue weighted by atomic mass is 16.7. The van der Waals surface area contributed by atoms with Gasteiger partial charge in [0.25, 0.3) is 0 Å². The number of hydrogen-bond donors (Lipinski definition) is 6. The van der Waals surface area contributed by atoms with Crippen LogP contribution in [0.2, 0.25) is 0 Å². The predicted octanol–water partition coefficient (Wildman–Crippen LogP) is 16.2. The molecule has 1 aliphatic rings. The van der Waals surface area contributed by atoms with E-state index in [1.807, 2.05) is 6.08 Å². The summed E-state index contributed by atoms with van der Waals surface area (Å²) >= 11 is 0. The van der Waals surface area contributed by atoms with Gasteiger partial charge in [0.2, 0.25) is 5.91 Å². The molecule has 6 N–H and O–H groups in total. The van der Waals surface area contributed by atoms with Gasteiger partial charge in [-0.3, -0.25) is 4.79 Å². The zero-order valence-corrected chi connectivity index (χ0v) is 48.1. The standard InChI is InChI=1S/C65H119NO8/c1-3-5-7-9-11-13-15-17-19-21-23-25-26-27-28-29-30-31-32-33-35-36-38-40-42-44-46-48-50-52-54-59(68)58(57-73-65-64(72)63(71)62(70)60(56-67)74-65)66-61(69)55-53-51-49-47-45-43-41-39-37-34-24-22-20-18-16-14-12-10-8-6-4-2/h16,18,22,24,36,38,44,46,52,54,58-60,62-65,67-68,70-72H,3-15,17,19-21,23,25-35,37,39-43,45,47-51,53,55-57H2,1-2H3,(H,66,69)/b18-16-,24-22-,38-36+,46-44+,54-52+. The van der Waals surface area contributed by atoms with Gasteiger partial charge in [-0.05, 0) is 77.0 Å². The number of aliphatic hydroxyl groups is 5. The maximum absolute atomic E-state index is 13.1. The van der Waals surface area contributed by atoms with E-state index in [-0.39, 0.29) is 12.5 Å². The summed E-state index contributed by atoms with van der Waals surface area (Å²) in [5.41, 5.74) is 0. The van der Waals surface area contributed by atoms with Gasteiger partial charge in [0.1, 0.15) is 24.4 Å². The second kappa shape index (κ2) is 54.3. The number of ether oxygens (including phenoxy) is 2. The molecule has 0 radical (unpaired) electrons. The summed E-state index contributed by atoms with van der Waals surface area (Å²) in [7, 11) is 0. The zero-order valence-electron chi connectivity index (χ0n) is 48.1. The van der Waals surface area contributed by atoms with Crippen LogP contribution in [0.4, 0.5) is 0 Å². The van der Waals surface area contributed by atoms with E-state index in [9.17, 15) is 30.3 Å². The highest BCUT2D eigenvalue weighted by Crippen LogP contribution is 2.23. The lowest BCUT2D eigenvalue weighted by Crippen LogP contribution is -2.60. The van der Waals surface area contributed by atoms with Crippen molar-refractivity contribution in [1.29, 1.82) is 0 Å². The summed E-state index contributed by atoms with van der Waals surface area (Å²) in [4.78, 5) is 13.1. The Morgan fingerprint density at radius 3 is 1.22 bits per heavy atom. The third-order valence-corrected chi connectivity index (χ3v) is 14.8. The first-order valence-corrected chi connectivity index (χ1v) is 31.5. The number of carbonyl (C=O) groups is 1. The van der Waals surface area contributed by atoms with Crippen LogP contribution < -0.4 is 5.32 Å². The Morgan fingerprint density at radius 1 is 0.459 bits per heavy atom. The number of amides is 1. The van der Waals surface area contributed by atoms with Crippen LogP contribution in [0.25, 0.3) is 0 Å². The molecule has 0 aromatic heterocycles. The Morgan fingerprint density at radius 2 is 0.811 bits per heavy atom. The summed E-state index contributed by atoms with van der Waals surface area (Å²) < 4.78 is 11.3. The van der Waals surface area contributed by atoms with Gasteiger partial charge in [-0.2, -0.15) is 0 Å². The number of carbonyl (C=O) groups excluding carboxylic acids is 1. The van der Waals surface area contributed by atoms with Crippen molar-refractivity contribution >= 4 is 5.91 Å². The minimum Gasteiger partial charge on any atom is -0.394 e. The first-order chi connectivity index (χ1) is 36.3. The molecule has 1 rings (SSSR count). The molecule has 0 bridgehead atoms. The summed E-state index contributed by atoms with van der Waals surface area (Å²) in [6.45, 7) is 3.77. The van der Waals surface area contributed by atoms with Crippen LogP contribution in [0.5, 0.6) is 0 Å². The van der Waals surface area contributed by atoms with Gasteiger partial charge in [0.05, 0.1) is 25.4 Å². The number of rotatable bonds is 54. The van der Waals surface area contributed by atoms with Crippen LogP contribution in [-0.2, 0) is 14.3 Å². The molecule has 1 fully saturated rings. The van der Waals surface area contributed by atoms with Crippen molar-refractivity contribution in [3.05, 3.63) is 60.8 Å². The van der Waals surface area contributed by atoms with E-state index in [1.165, 1.54) is 205 Å². The van der Waals surface area contributed by atoms with Crippen molar-refractivity contribution in [2.75, 3.05) is 13.2 Å². The maximum Gasteiger partial charge on any atom is 0.220 e. The molecule has 0 aromatic carbocycles. The van der Waals surface area contributed by atoms with Crippen molar-refractivity contribution in [3.63, 3.8) is 0 Å². The minimum atomic E-state index is -1.58. The summed E-state index contributed by atoms with van der Waals surface area (Å²) in [5, 5.41) is 54.6. The molecule has 74 heavy (non-hydrogen) atoms. The molecule has 1 aliphatic heterocycles. The fourth-order valence-electron chi connectivity index (χ4n) is 9.81. The van der Waals surface area contributed by atoms with Crippen LogP contribution in [0.3, 0.4) is 0 Å². The molecule has 7 unspecified atom stereocenters. The van der Waals surface area contributed by atoms with Crippen molar-refractivity contribution < 1.29 is 39.8 Å². The molecule has 7 atom stereocenters. The molecule has 0 aliphatic carbocycles. The lowest BCUT2D eigenvalue weighted by Gasteiger charge is -2.40. The number of aliphatic hydroxyl groups excluding tert-OH is 5. The van der Waals surface area contributed by atoms with Gasteiger partial charge in [0.15, 0.2) is 6.29 Å². The number of hydrogen-bond acceptors (Lipinski definition) is 8. The fraction of sp³-hybridized carbons (Fsp3) is 0.831. The minimum absolute atomic E-state index is 0.194. The van der Waals surface area contributed by atoms with Crippen LogP contribution in [0.15, 0.2) is 60.8 Å². The number of allylic oxidation sites excluding steroid dienone is 9.